The smallest absolute Gasteiger partial charge is 0.238 e. The van der Waals surface area contributed by atoms with Gasteiger partial charge < -0.3 is 10.1 Å². The zero-order valence-corrected chi connectivity index (χ0v) is 18.8. The monoisotopic (exact) mass is 446 g/mol. The third kappa shape index (κ3) is 5.32. The number of ether oxygens (including phenoxy) is 1. The Morgan fingerprint density at radius 2 is 1.75 bits per heavy atom. The minimum absolute atomic E-state index is 0.0111. The van der Waals surface area contributed by atoms with Gasteiger partial charge >= 0.3 is 0 Å². The molecule has 32 heavy (non-hydrogen) atoms. The molecular weight excluding hydrogens is 420 g/mol. The molecule has 0 aliphatic carbocycles. The lowest BCUT2D eigenvalue weighted by Crippen LogP contribution is -2.27. The molecule has 6 heteroatoms. The highest BCUT2D eigenvalue weighted by molar-refractivity contribution is 8.00. The number of nitrogens with one attached hydrogen (secondary N) is 1. The van der Waals surface area contributed by atoms with Gasteiger partial charge in [0, 0.05) is 17.8 Å². The van der Waals surface area contributed by atoms with Crippen LogP contribution in [0, 0.1) is 0 Å². The van der Waals surface area contributed by atoms with Gasteiger partial charge in [-0.25, -0.2) is 0 Å². The summed E-state index contributed by atoms with van der Waals surface area (Å²) in [7, 11) is 0. The van der Waals surface area contributed by atoms with Gasteiger partial charge in [0.25, 0.3) is 0 Å². The number of benzene rings is 3. The number of anilines is 2. The van der Waals surface area contributed by atoms with Crippen molar-refractivity contribution in [3.05, 3.63) is 90.0 Å². The maximum atomic E-state index is 12.6. The van der Waals surface area contributed by atoms with Crippen molar-refractivity contribution in [3.63, 3.8) is 0 Å². The Morgan fingerprint density at radius 3 is 2.44 bits per heavy atom. The minimum atomic E-state index is -0.0942. The average molecular weight is 447 g/mol. The first-order valence-corrected chi connectivity index (χ1v) is 11.8. The molecule has 1 unspecified atom stereocenters. The third-order valence-electron chi connectivity index (χ3n) is 5.26. The van der Waals surface area contributed by atoms with E-state index < -0.39 is 0 Å². The number of amides is 2. The molecule has 0 radical (unpaired) electrons. The maximum Gasteiger partial charge on any atom is 0.238 e. The summed E-state index contributed by atoms with van der Waals surface area (Å²) in [6.07, 6.45) is 1.15. The van der Waals surface area contributed by atoms with E-state index in [0.29, 0.717) is 25.2 Å². The highest BCUT2D eigenvalue weighted by Crippen LogP contribution is 2.42. The summed E-state index contributed by atoms with van der Waals surface area (Å²) in [5.74, 6) is 1.31. The standard InChI is InChI=1S/C26H26N2O3S/c1-2-31-23-15-13-22(14-16-23)28-25(30)18-32-26(28)20-9-11-21(12-10-20)27-24(29)17-8-19-6-4-3-5-7-19/h3-7,9-16,26H,2,8,17-18H2,1H3,(H,27,29). The van der Waals surface area contributed by atoms with Gasteiger partial charge in [0.1, 0.15) is 11.1 Å². The topological polar surface area (TPSA) is 58.6 Å². The number of carbonyl (C=O) groups excluding carboxylic acids is 2. The van der Waals surface area contributed by atoms with Gasteiger partial charge in [-0.05, 0) is 60.9 Å². The average Bonchev–Trinajstić information content (AvgIpc) is 3.21. The molecule has 1 aliphatic rings. The molecule has 1 aliphatic heterocycles. The number of hydrogen-bond donors (Lipinski definition) is 1. The van der Waals surface area contributed by atoms with Crippen LogP contribution in [-0.4, -0.2) is 24.2 Å². The first kappa shape index (κ1) is 22.0. The first-order valence-electron chi connectivity index (χ1n) is 10.7. The predicted octanol–water partition coefficient (Wildman–Crippen LogP) is 5.44. The van der Waals surface area contributed by atoms with E-state index in [4.69, 9.17) is 4.74 Å². The second-order valence-corrected chi connectivity index (χ2v) is 8.58. The van der Waals surface area contributed by atoms with Crippen molar-refractivity contribution in [3.8, 4) is 5.75 Å². The lowest BCUT2D eigenvalue weighted by molar-refractivity contribution is -0.116. The van der Waals surface area contributed by atoms with Gasteiger partial charge in [0.05, 0.1) is 12.4 Å². The molecule has 0 bridgehead atoms. The lowest BCUT2D eigenvalue weighted by atomic mass is 10.1. The zero-order chi connectivity index (χ0) is 22.3. The number of nitrogens with zero attached hydrogens (tertiary/aromatic N) is 1. The molecule has 3 aromatic carbocycles. The molecule has 0 saturated carbocycles. The number of rotatable bonds is 8. The number of thioether (sulfide) groups is 1. The largest absolute Gasteiger partial charge is 0.494 e. The third-order valence-corrected chi connectivity index (χ3v) is 6.47. The Labute approximate surface area is 192 Å². The van der Waals surface area contributed by atoms with Crippen LogP contribution < -0.4 is 15.0 Å². The van der Waals surface area contributed by atoms with Crippen LogP contribution in [0.3, 0.4) is 0 Å². The number of aryl methyl sites for hydroxylation is 1. The molecule has 2 amide bonds. The fourth-order valence-electron chi connectivity index (χ4n) is 3.68. The zero-order valence-electron chi connectivity index (χ0n) is 18.0. The summed E-state index contributed by atoms with van der Waals surface area (Å²) >= 11 is 1.60. The minimum Gasteiger partial charge on any atom is -0.494 e. The first-order chi connectivity index (χ1) is 15.6. The Hall–Kier alpha value is -3.25. The van der Waals surface area contributed by atoms with Gasteiger partial charge in [-0.3, -0.25) is 14.5 Å². The summed E-state index contributed by atoms with van der Waals surface area (Å²) in [5, 5.41) is 2.87. The predicted molar refractivity (Wildman–Crippen MR) is 130 cm³/mol. The van der Waals surface area contributed by atoms with E-state index in [1.54, 1.807) is 11.8 Å². The lowest BCUT2D eigenvalue weighted by Gasteiger charge is -2.24. The van der Waals surface area contributed by atoms with Gasteiger partial charge in [0.2, 0.25) is 11.8 Å². The van der Waals surface area contributed by atoms with Crippen molar-refractivity contribution in [2.45, 2.75) is 25.1 Å². The Bertz CT molecular complexity index is 1050. The van der Waals surface area contributed by atoms with Crippen molar-refractivity contribution in [1.29, 1.82) is 0 Å². The van der Waals surface area contributed by atoms with Gasteiger partial charge in [0.15, 0.2) is 0 Å². The number of hydrogen-bond acceptors (Lipinski definition) is 4. The summed E-state index contributed by atoms with van der Waals surface area (Å²) in [6.45, 7) is 2.55. The van der Waals surface area contributed by atoms with Crippen molar-refractivity contribution < 1.29 is 14.3 Å². The molecule has 4 rings (SSSR count). The van der Waals surface area contributed by atoms with E-state index in [2.05, 4.69) is 5.32 Å². The highest BCUT2D eigenvalue weighted by Gasteiger charge is 2.34. The summed E-state index contributed by atoms with van der Waals surface area (Å²) in [5.41, 5.74) is 3.79. The highest BCUT2D eigenvalue weighted by atomic mass is 32.2. The Morgan fingerprint density at radius 1 is 1.03 bits per heavy atom. The Balaban J connectivity index is 1.40. The molecule has 5 nitrogen and oxygen atoms in total. The van der Waals surface area contributed by atoms with E-state index in [-0.39, 0.29) is 17.2 Å². The second kappa shape index (κ2) is 10.4. The van der Waals surface area contributed by atoms with Crippen molar-refractivity contribution in [2.24, 2.45) is 0 Å². The SMILES string of the molecule is CCOc1ccc(N2C(=O)CSC2c2ccc(NC(=O)CCc3ccccc3)cc2)cc1. The van der Waals surface area contributed by atoms with Crippen molar-refractivity contribution in [2.75, 3.05) is 22.6 Å². The number of carbonyl (C=O) groups is 2. The molecule has 1 saturated heterocycles. The van der Waals surface area contributed by atoms with Crippen LogP contribution in [-0.2, 0) is 16.0 Å². The Kier molecular flexibility index (Phi) is 7.12. The van der Waals surface area contributed by atoms with Gasteiger partial charge in [-0.15, -0.1) is 11.8 Å². The van der Waals surface area contributed by atoms with Gasteiger partial charge in [-0.2, -0.15) is 0 Å². The molecule has 0 aromatic heterocycles. The fourth-order valence-corrected chi connectivity index (χ4v) is 4.85. The van der Waals surface area contributed by atoms with Crippen LogP contribution in [0.25, 0.3) is 0 Å². The second-order valence-electron chi connectivity index (χ2n) is 7.51. The molecule has 1 fully saturated rings. The summed E-state index contributed by atoms with van der Waals surface area (Å²) in [4.78, 5) is 26.7. The van der Waals surface area contributed by atoms with E-state index >= 15 is 0 Å². The van der Waals surface area contributed by atoms with E-state index in [0.717, 1.165) is 28.3 Å². The summed E-state index contributed by atoms with van der Waals surface area (Å²) in [6, 6.07) is 25.4. The molecule has 164 valence electrons. The van der Waals surface area contributed by atoms with Crippen LogP contribution in [0.15, 0.2) is 78.9 Å². The van der Waals surface area contributed by atoms with Crippen molar-refractivity contribution >= 4 is 35.0 Å². The molecule has 1 heterocycles. The van der Waals surface area contributed by atoms with Crippen molar-refractivity contribution in [1.82, 2.24) is 0 Å². The molecule has 1 atom stereocenters. The van der Waals surface area contributed by atoms with Crippen LogP contribution in [0.5, 0.6) is 5.75 Å². The van der Waals surface area contributed by atoms with E-state index in [1.165, 1.54) is 0 Å². The molecular formula is C26H26N2O3S. The van der Waals surface area contributed by atoms with Crippen LogP contribution in [0.4, 0.5) is 11.4 Å². The van der Waals surface area contributed by atoms with Crippen LogP contribution in [0.1, 0.15) is 29.8 Å². The fraction of sp³-hybridized carbons (Fsp3) is 0.231. The normalized spacial score (nSPS) is 15.6. The van der Waals surface area contributed by atoms with Crippen LogP contribution in [0.2, 0.25) is 0 Å². The maximum absolute atomic E-state index is 12.6. The van der Waals surface area contributed by atoms with E-state index in [1.807, 2.05) is 90.7 Å². The quantitative estimate of drug-likeness (QED) is 0.501. The van der Waals surface area contributed by atoms with Gasteiger partial charge in [-0.1, -0.05) is 42.5 Å². The molecule has 0 spiro atoms. The summed E-state index contributed by atoms with van der Waals surface area (Å²) < 4.78 is 5.51. The van der Waals surface area contributed by atoms with Crippen LogP contribution >= 0.6 is 11.8 Å². The van der Waals surface area contributed by atoms with E-state index in [9.17, 15) is 9.59 Å². The molecule has 3 aromatic rings. The molecule has 1 N–H and O–H groups in total.